The number of aromatic nitrogens is 2. The number of hydrogen-bond donors (Lipinski definition) is 2. The van der Waals surface area contributed by atoms with Crippen molar-refractivity contribution in [3.05, 3.63) is 18.6 Å². The van der Waals surface area contributed by atoms with Gasteiger partial charge in [0.1, 0.15) is 0 Å². The average Bonchev–Trinajstić information content (AvgIpc) is 2.34. The number of nitrogens with zero attached hydrogens (tertiary/aromatic N) is 3. The molecule has 1 saturated heterocycles. The van der Waals surface area contributed by atoms with E-state index in [0.29, 0.717) is 10.3 Å². The van der Waals surface area contributed by atoms with E-state index in [2.05, 4.69) is 15.3 Å². The molecule has 1 aromatic rings. The number of hydrogen-bond acceptors (Lipinski definition) is 4. The summed E-state index contributed by atoms with van der Waals surface area (Å²) in [6.45, 7) is 1.09. The molecule has 6 nitrogen and oxygen atoms in total. The summed E-state index contributed by atoms with van der Waals surface area (Å²) in [6, 6.07) is 0. The zero-order valence-corrected chi connectivity index (χ0v) is 10.5. The van der Waals surface area contributed by atoms with Crippen LogP contribution < -0.4 is 5.32 Å². The number of anilines is 1. The number of likely N-dealkylation sites (tertiary alicyclic amines) is 1. The zero-order valence-electron chi connectivity index (χ0n) is 10.5. The van der Waals surface area contributed by atoms with E-state index in [9.17, 15) is 9.90 Å². The Hall–Kier alpha value is -1.53. The van der Waals surface area contributed by atoms with E-state index < -0.39 is 6.23 Å². The SMILES string of the molecule is C[N+]1(CC(=O)Nc2cnccn2)CCCCC1O. The van der Waals surface area contributed by atoms with Gasteiger partial charge in [0.15, 0.2) is 18.6 Å². The molecule has 2 atom stereocenters. The summed E-state index contributed by atoms with van der Waals surface area (Å²) in [7, 11) is 1.92. The van der Waals surface area contributed by atoms with Crippen molar-refractivity contribution < 1.29 is 14.4 Å². The number of aliphatic hydroxyl groups is 1. The normalized spacial score (nSPS) is 27.8. The first kappa shape index (κ1) is 12.9. The highest BCUT2D eigenvalue weighted by Crippen LogP contribution is 2.21. The summed E-state index contributed by atoms with van der Waals surface area (Å²) in [5.41, 5.74) is 0. The van der Waals surface area contributed by atoms with Gasteiger partial charge in [-0.1, -0.05) is 0 Å². The van der Waals surface area contributed by atoms with E-state index in [-0.39, 0.29) is 12.5 Å². The molecule has 0 radical (unpaired) electrons. The molecule has 2 N–H and O–H groups in total. The fourth-order valence-corrected chi connectivity index (χ4v) is 2.32. The van der Waals surface area contributed by atoms with Crippen LogP contribution in [0.15, 0.2) is 18.6 Å². The van der Waals surface area contributed by atoms with Crippen molar-refractivity contribution in [3.8, 4) is 0 Å². The van der Waals surface area contributed by atoms with Crippen LogP contribution in [0.1, 0.15) is 19.3 Å². The monoisotopic (exact) mass is 251 g/mol. The molecule has 2 rings (SSSR count). The molecule has 1 fully saturated rings. The summed E-state index contributed by atoms with van der Waals surface area (Å²) in [4.78, 5) is 19.8. The fraction of sp³-hybridized carbons (Fsp3) is 0.583. The molecule has 2 unspecified atom stereocenters. The van der Waals surface area contributed by atoms with E-state index >= 15 is 0 Å². The Morgan fingerprint density at radius 2 is 2.39 bits per heavy atom. The Bertz CT molecular complexity index is 412. The van der Waals surface area contributed by atoms with Gasteiger partial charge in [-0.05, 0) is 12.8 Å². The standard InChI is InChI=1S/C12H18N4O2/c1-16(7-3-2-4-12(16)18)9-11(17)15-10-8-13-5-6-14-10/h5-6,8,12,18H,2-4,7,9H2,1H3/p+1. The largest absolute Gasteiger partial charge is 0.345 e. The lowest BCUT2D eigenvalue weighted by atomic mass is 10.1. The van der Waals surface area contributed by atoms with Crippen molar-refractivity contribution in [1.82, 2.24) is 9.97 Å². The van der Waals surface area contributed by atoms with Gasteiger partial charge in [-0.2, -0.15) is 0 Å². The van der Waals surface area contributed by atoms with Gasteiger partial charge in [-0.3, -0.25) is 14.3 Å². The average molecular weight is 251 g/mol. The molecule has 0 bridgehead atoms. The van der Waals surface area contributed by atoms with Gasteiger partial charge >= 0.3 is 0 Å². The van der Waals surface area contributed by atoms with Crippen molar-refractivity contribution in [2.45, 2.75) is 25.5 Å². The number of amides is 1. The van der Waals surface area contributed by atoms with E-state index in [0.717, 1.165) is 25.8 Å². The van der Waals surface area contributed by atoms with Gasteiger partial charge in [0, 0.05) is 18.8 Å². The number of piperidine rings is 1. The summed E-state index contributed by atoms with van der Waals surface area (Å²) < 4.78 is 0.381. The van der Waals surface area contributed by atoms with Crippen molar-refractivity contribution in [1.29, 1.82) is 0 Å². The van der Waals surface area contributed by atoms with Crippen molar-refractivity contribution in [3.63, 3.8) is 0 Å². The number of carbonyl (C=O) groups is 1. The fourth-order valence-electron chi connectivity index (χ4n) is 2.32. The summed E-state index contributed by atoms with van der Waals surface area (Å²) in [6.07, 6.45) is 6.97. The molecule has 1 aliphatic rings. The molecule has 0 aromatic carbocycles. The van der Waals surface area contributed by atoms with Gasteiger partial charge in [-0.25, -0.2) is 4.98 Å². The van der Waals surface area contributed by atoms with Gasteiger partial charge in [-0.15, -0.1) is 0 Å². The molecule has 0 saturated carbocycles. The third kappa shape index (κ3) is 3.02. The van der Waals surface area contributed by atoms with Crippen LogP contribution in [0, 0.1) is 0 Å². The minimum absolute atomic E-state index is 0.140. The van der Waals surface area contributed by atoms with Crippen LogP contribution in [0.2, 0.25) is 0 Å². The lowest BCUT2D eigenvalue weighted by molar-refractivity contribution is -0.952. The van der Waals surface area contributed by atoms with Crippen molar-refractivity contribution >= 4 is 11.7 Å². The van der Waals surface area contributed by atoms with E-state index in [1.54, 1.807) is 6.20 Å². The second-order valence-electron chi connectivity index (χ2n) is 4.98. The second-order valence-corrected chi connectivity index (χ2v) is 4.98. The smallest absolute Gasteiger partial charge is 0.280 e. The molecule has 0 spiro atoms. The molecule has 1 amide bonds. The maximum atomic E-state index is 11.9. The first-order valence-electron chi connectivity index (χ1n) is 6.18. The third-order valence-electron chi connectivity index (χ3n) is 3.44. The van der Waals surface area contributed by atoms with E-state index in [4.69, 9.17) is 0 Å². The molecule has 2 heterocycles. The molecule has 18 heavy (non-hydrogen) atoms. The maximum Gasteiger partial charge on any atom is 0.280 e. The molecular weight excluding hydrogens is 232 g/mol. The topological polar surface area (TPSA) is 75.1 Å². The van der Waals surface area contributed by atoms with Crippen LogP contribution in [0.4, 0.5) is 5.82 Å². The van der Waals surface area contributed by atoms with Gasteiger partial charge in [0.25, 0.3) is 5.91 Å². The lowest BCUT2D eigenvalue weighted by Crippen LogP contribution is -2.58. The molecule has 1 aromatic heterocycles. The molecule has 0 aliphatic carbocycles. The zero-order chi connectivity index (χ0) is 13.0. The summed E-state index contributed by atoms with van der Waals surface area (Å²) >= 11 is 0. The third-order valence-corrected chi connectivity index (χ3v) is 3.44. The Kier molecular flexibility index (Phi) is 3.88. The minimum atomic E-state index is -0.452. The van der Waals surface area contributed by atoms with Crippen LogP contribution in [-0.2, 0) is 4.79 Å². The predicted molar refractivity (Wildman–Crippen MR) is 66.4 cm³/mol. The van der Waals surface area contributed by atoms with Crippen LogP contribution in [-0.4, -0.2) is 51.8 Å². The van der Waals surface area contributed by atoms with E-state index in [1.807, 2.05) is 7.05 Å². The molecule has 1 aliphatic heterocycles. The van der Waals surface area contributed by atoms with Crippen LogP contribution in [0.3, 0.4) is 0 Å². The highest BCUT2D eigenvalue weighted by Gasteiger charge is 2.35. The number of quaternary nitrogens is 1. The lowest BCUT2D eigenvalue weighted by Gasteiger charge is -2.41. The number of likely N-dealkylation sites (N-methyl/N-ethyl adjacent to an activating group) is 1. The molecular formula is C12H19N4O2+. The second kappa shape index (κ2) is 5.41. The highest BCUT2D eigenvalue weighted by molar-refractivity contribution is 5.90. The number of nitrogens with one attached hydrogen (secondary N) is 1. The first-order chi connectivity index (χ1) is 8.60. The molecule has 98 valence electrons. The van der Waals surface area contributed by atoms with Gasteiger partial charge in [0.2, 0.25) is 0 Å². The Morgan fingerprint density at radius 3 is 3.06 bits per heavy atom. The molecule has 6 heteroatoms. The van der Waals surface area contributed by atoms with Crippen molar-refractivity contribution in [2.75, 3.05) is 25.5 Å². The number of aliphatic hydroxyl groups excluding tert-OH is 1. The van der Waals surface area contributed by atoms with Gasteiger partial charge < -0.3 is 10.4 Å². The van der Waals surface area contributed by atoms with Crippen molar-refractivity contribution in [2.24, 2.45) is 0 Å². The quantitative estimate of drug-likeness (QED) is 0.761. The highest BCUT2D eigenvalue weighted by atomic mass is 16.3. The maximum absolute atomic E-state index is 11.9. The number of carbonyl (C=O) groups excluding carboxylic acids is 1. The Balaban J connectivity index is 1.94. The summed E-state index contributed by atoms with van der Waals surface area (Å²) in [5, 5.41) is 12.7. The van der Waals surface area contributed by atoms with E-state index in [1.165, 1.54) is 12.4 Å². The summed E-state index contributed by atoms with van der Waals surface area (Å²) in [5.74, 6) is 0.305. The number of rotatable bonds is 3. The Labute approximate surface area is 106 Å². The minimum Gasteiger partial charge on any atom is -0.345 e. The van der Waals surface area contributed by atoms with Crippen LogP contribution >= 0.6 is 0 Å². The predicted octanol–water partition coefficient (Wildman–Crippen LogP) is 0.364. The first-order valence-corrected chi connectivity index (χ1v) is 6.18. The van der Waals surface area contributed by atoms with Crippen LogP contribution in [0.25, 0.3) is 0 Å². The van der Waals surface area contributed by atoms with Crippen LogP contribution in [0.5, 0.6) is 0 Å². The van der Waals surface area contributed by atoms with Gasteiger partial charge in [0.05, 0.1) is 19.8 Å². The Morgan fingerprint density at radius 1 is 1.56 bits per heavy atom.